The van der Waals surface area contributed by atoms with Crippen LogP contribution in [0.1, 0.15) is 12.0 Å². The first-order chi connectivity index (χ1) is 8.70. The van der Waals surface area contributed by atoms with E-state index in [1.54, 1.807) is 25.1 Å². The number of carbonyl (C=O) groups is 1. The number of rotatable bonds is 5. The van der Waals surface area contributed by atoms with Gasteiger partial charge in [0.2, 0.25) is 5.91 Å². The van der Waals surface area contributed by atoms with Crippen molar-refractivity contribution in [1.29, 1.82) is 0 Å². The van der Waals surface area contributed by atoms with Crippen molar-refractivity contribution in [3.05, 3.63) is 28.8 Å². The number of nitrogens with one attached hydrogen (secondary N) is 1. The van der Waals surface area contributed by atoms with Crippen LogP contribution in [0.4, 0.5) is 5.69 Å². The van der Waals surface area contributed by atoms with E-state index in [0.29, 0.717) is 10.7 Å². The molecule has 0 fully saturated rings. The zero-order valence-electron chi connectivity index (χ0n) is 10.8. The van der Waals surface area contributed by atoms with E-state index in [1.807, 2.05) is 0 Å². The standard InChI is InChI=1S/C12H17ClN2O3S/c1-8-9(13)4-3-5-11(8)15-12(16)10(14)6-7-19(2,17)18/h3-5,10H,6-7,14H2,1-2H3,(H,15,16). The van der Waals surface area contributed by atoms with Crippen LogP contribution in [0.3, 0.4) is 0 Å². The fraction of sp³-hybridized carbons (Fsp3) is 0.417. The normalized spacial score (nSPS) is 13.1. The second-order valence-electron chi connectivity index (χ2n) is 4.43. The van der Waals surface area contributed by atoms with E-state index in [9.17, 15) is 13.2 Å². The number of halogens is 1. The fourth-order valence-electron chi connectivity index (χ4n) is 1.44. The van der Waals surface area contributed by atoms with Crippen molar-refractivity contribution in [3.63, 3.8) is 0 Å². The Morgan fingerprint density at radius 3 is 2.68 bits per heavy atom. The summed E-state index contributed by atoms with van der Waals surface area (Å²) in [6.07, 6.45) is 1.20. The molecular formula is C12H17ClN2O3S. The van der Waals surface area contributed by atoms with Gasteiger partial charge in [0.25, 0.3) is 0 Å². The summed E-state index contributed by atoms with van der Waals surface area (Å²) >= 11 is 5.94. The molecule has 19 heavy (non-hydrogen) atoms. The van der Waals surface area contributed by atoms with Crippen LogP contribution < -0.4 is 11.1 Å². The van der Waals surface area contributed by atoms with Crippen molar-refractivity contribution < 1.29 is 13.2 Å². The molecule has 0 spiro atoms. The maximum absolute atomic E-state index is 11.8. The molecule has 1 aromatic rings. The molecule has 1 rings (SSSR count). The number of amides is 1. The molecule has 7 heteroatoms. The first-order valence-electron chi connectivity index (χ1n) is 5.70. The Morgan fingerprint density at radius 1 is 1.47 bits per heavy atom. The van der Waals surface area contributed by atoms with Gasteiger partial charge in [0.05, 0.1) is 11.8 Å². The second-order valence-corrected chi connectivity index (χ2v) is 7.09. The highest BCUT2D eigenvalue weighted by Gasteiger charge is 2.17. The predicted molar refractivity (Wildman–Crippen MR) is 77.1 cm³/mol. The maximum atomic E-state index is 11.8. The van der Waals surface area contributed by atoms with Crippen LogP contribution in [0, 0.1) is 6.92 Å². The summed E-state index contributed by atoms with van der Waals surface area (Å²) in [6.45, 7) is 1.78. The molecule has 106 valence electrons. The molecule has 0 aliphatic carbocycles. The lowest BCUT2D eigenvalue weighted by atomic mass is 10.1. The van der Waals surface area contributed by atoms with Crippen LogP contribution in [0.15, 0.2) is 18.2 Å². The molecule has 0 bridgehead atoms. The quantitative estimate of drug-likeness (QED) is 0.859. The molecule has 0 saturated heterocycles. The number of anilines is 1. The van der Waals surface area contributed by atoms with Gasteiger partial charge in [-0.2, -0.15) is 0 Å². The van der Waals surface area contributed by atoms with E-state index in [4.69, 9.17) is 17.3 Å². The highest BCUT2D eigenvalue weighted by Crippen LogP contribution is 2.22. The highest BCUT2D eigenvalue weighted by atomic mass is 35.5. The predicted octanol–water partition coefficient (Wildman–Crippen LogP) is 1.35. The largest absolute Gasteiger partial charge is 0.324 e. The molecule has 1 unspecified atom stereocenters. The number of benzene rings is 1. The van der Waals surface area contributed by atoms with Crippen molar-refractivity contribution >= 4 is 33.0 Å². The first-order valence-corrected chi connectivity index (χ1v) is 8.14. The SMILES string of the molecule is Cc1c(Cl)cccc1NC(=O)C(N)CCS(C)(=O)=O. The molecule has 0 aromatic heterocycles. The van der Waals surface area contributed by atoms with Crippen LogP contribution in [0.5, 0.6) is 0 Å². The smallest absolute Gasteiger partial charge is 0.241 e. The minimum atomic E-state index is -3.12. The van der Waals surface area contributed by atoms with Gasteiger partial charge in [0.15, 0.2) is 0 Å². The van der Waals surface area contributed by atoms with Gasteiger partial charge in [0, 0.05) is 17.0 Å². The van der Waals surface area contributed by atoms with Crippen molar-refractivity contribution in [2.45, 2.75) is 19.4 Å². The van der Waals surface area contributed by atoms with Crippen molar-refractivity contribution in [2.24, 2.45) is 5.73 Å². The Morgan fingerprint density at radius 2 is 2.11 bits per heavy atom. The van der Waals surface area contributed by atoms with Crippen molar-refractivity contribution in [2.75, 3.05) is 17.3 Å². The van der Waals surface area contributed by atoms with Gasteiger partial charge < -0.3 is 11.1 Å². The molecule has 0 heterocycles. The number of hydrogen-bond acceptors (Lipinski definition) is 4. The molecule has 0 radical (unpaired) electrons. The lowest BCUT2D eigenvalue weighted by Crippen LogP contribution is -2.37. The molecule has 1 aromatic carbocycles. The van der Waals surface area contributed by atoms with Crippen LogP contribution >= 0.6 is 11.6 Å². The average molecular weight is 305 g/mol. The topological polar surface area (TPSA) is 89.3 Å². The molecule has 0 aliphatic heterocycles. The number of nitrogens with two attached hydrogens (primary N) is 1. The summed E-state index contributed by atoms with van der Waals surface area (Å²) in [5.74, 6) is -0.537. The third-order valence-corrected chi connectivity index (χ3v) is 4.05. The van der Waals surface area contributed by atoms with Gasteiger partial charge in [-0.1, -0.05) is 17.7 Å². The Hall–Kier alpha value is -1.11. The molecule has 5 nitrogen and oxygen atoms in total. The zero-order valence-corrected chi connectivity index (χ0v) is 12.4. The summed E-state index contributed by atoms with van der Waals surface area (Å²) in [6, 6.07) is 4.28. The minimum Gasteiger partial charge on any atom is -0.324 e. The van der Waals surface area contributed by atoms with Gasteiger partial charge >= 0.3 is 0 Å². The summed E-state index contributed by atoms with van der Waals surface area (Å²) in [7, 11) is -3.12. The van der Waals surface area contributed by atoms with Gasteiger partial charge in [-0.15, -0.1) is 0 Å². The van der Waals surface area contributed by atoms with E-state index in [1.165, 1.54) is 0 Å². The Balaban J connectivity index is 2.67. The van der Waals surface area contributed by atoms with E-state index in [-0.39, 0.29) is 12.2 Å². The minimum absolute atomic E-state index is 0.0876. The van der Waals surface area contributed by atoms with Gasteiger partial charge in [-0.25, -0.2) is 8.42 Å². The monoisotopic (exact) mass is 304 g/mol. The van der Waals surface area contributed by atoms with Crippen molar-refractivity contribution in [3.8, 4) is 0 Å². The Labute approximate surface area is 118 Å². The van der Waals surface area contributed by atoms with Gasteiger partial charge in [0.1, 0.15) is 9.84 Å². The van der Waals surface area contributed by atoms with Crippen LogP contribution in [-0.4, -0.2) is 32.4 Å². The zero-order chi connectivity index (χ0) is 14.6. The van der Waals surface area contributed by atoms with Crippen LogP contribution in [-0.2, 0) is 14.6 Å². The fourth-order valence-corrected chi connectivity index (χ4v) is 2.30. The number of sulfone groups is 1. The van der Waals surface area contributed by atoms with Crippen LogP contribution in [0.25, 0.3) is 0 Å². The Bertz CT molecular complexity index is 572. The first kappa shape index (κ1) is 15.9. The third kappa shape index (κ3) is 5.18. The highest BCUT2D eigenvalue weighted by molar-refractivity contribution is 7.90. The molecular weight excluding hydrogens is 288 g/mol. The molecule has 0 saturated carbocycles. The summed E-state index contributed by atoms with van der Waals surface area (Å²) < 4.78 is 22.0. The van der Waals surface area contributed by atoms with E-state index in [2.05, 4.69) is 5.32 Å². The lowest BCUT2D eigenvalue weighted by molar-refractivity contribution is -0.117. The summed E-state index contributed by atoms with van der Waals surface area (Å²) in [5, 5.41) is 3.19. The number of carbonyl (C=O) groups excluding carboxylic acids is 1. The lowest BCUT2D eigenvalue weighted by Gasteiger charge is -2.13. The maximum Gasteiger partial charge on any atom is 0.241 e. The van der Waals surface area contributed by atoms with E-state index < -0.39 is 21.8 Å². The molecule has 0 aliphatic rings. The second kappa shape index (κ2) is 6.36. The van der Waals surface area contributed by atoms with E-state index in [0.717, 1.165) is 11.8 Å². The third-order valence-electron chi connectivity index (χ3n) is 2.66. The molecule has 1 amide bonds. The van der Waals surface area contributed by atoms with Gasteiger partial charge in [-0.3, -0.25) is 4.79 Å². The average Bonchev–Trinajstić information content (AvgIpc) is 2.31. The summed E-state index contributed by atoms with van der Waals surface area (Å²) in [5.41, 5.74) is 6.97. The van der Waals surface area contributed by atoms with Crippen molar-refractivity contribution in [1.82, 2.24) is 0 Å². The molecule has 3 N–H and O–H groups in total. The Kier molecular flexibility index (Phi) is 5.34. The van der Waals surface area contributed by atoms with Gasteiger partial charge in [-0.05, 0) is 31.0 Å². The van der Waals surface area contributed by atoms with E-state index >= 15 is 0 Å². The summed E-state index contributed by atoms with van der Waals surface area (Å²) in [4.78, 5) is 11.8. The van der Waals surface area contributed by atoms with Crippen LogP contribution in [0.2, 0.25) is 5.02 Å². The number of hydrogen-bond donors (Lipinski definition) is 2. The molecule has 1 atom stereocenters.